The third kappa shape index (κ3) is 5.38. The Morgan fingerprint density at radius 3 is 2.24 bits per heavy atom. The van der Waals surface area contributed by atoms with Gasteiger partial charge in [-0.2, -0.15) is 13.2 Å². The van der Waals surface area contributed by atoms with Crippen LogP contribution in [0.15, 0.2) is 30.3 Å². The van der Waals surface area contributed by atoms with Crippen LogP contribution in [0, 0.1) is 5.92 Å². The molecule has 0 aliphatic heterocycles. The van der Waals surface area contributed by atoms with Crippen molar-refractivity contribution < 1.29 is 22.7 Å². The van der Waals surface area contributed by atoms with Crippen molar-refractivity contribution in [3.63, 3.8) is 0 Å². The number of ether oxygens (including phenoxy) is 1. The van der Waals surface area contributed by atoms with E-state index >= 15 is 0 Å². The Labute approximate surface area is 122 Å². The Balaban J connectivity index is 3.01. The van der Waals surface area contributed by atoms with Crippen LogP contribution in [-0.4, -0.2) is 25.3 Å². The summed E-state index contributed by atoms with van der Waals surface area (Å²) >= 11 is 0. The molecule has 0 amide bonds. The van der Waals surface area contributed by atoms with Crippen LogP contribution >= 0.6 is 0 Å². The van der Waals surface area contributed by atoms with Gasteiger partial charge in [-0.05, 0) is 17.9 Å². The van der Waals surface area contributed by atoms with E-state index in [1.54, 1.807) is 6.07 Å². The van der Waals surface area contributed by atoms with Crippen LogP contribution in [0.4, 0.5) is 13.2 Å². The van der Waals surface area contributed by atoms with E-state index in [0.717, 1.165) is 0 Å². The molecule has 0 fully saturated rings. The van der Waals surface area contributed by atoms with Gasteiger partial charge < -0.3 is 4.74 Å². The fourth-order valence-electron chi connectivity index (χ4n) is 2.07. The molecule has 0 spiro atoms. The third-order valence-electron chi connectivity index (χ3n) is 3.02. The molecule has 6 heteroatoms. The molecule has 0 bridgehead atoms. The molecule has 21 heavy (non-hydrogen) atoms. The molecule has 0 aliphatic carbocycles. The van der Waals surface area contributed by atoms with Crippen molar-refractivity contribution in [3.05, 3.63) is 35.9 Å². The molecule has 0 radical (unpaired) electrons. The molecule has 1 aromatic carbocycles. The standard InChI is InChI=1S/C15H20F3NO2/c1-10(2)9-12(14(20)21-3)19-13(15(16,17)18)11-7-5-4-6-8-11/h4-8,10,12-13,19H,9H2,1-3H3/t12-,13?/m0/s1. The molecular weight excluding hydrogens is 283 g/mol. The highest BCUT2D eigenvalue weighted by Crippen LogP contribution is 2.33. The van der Waals surface area contributed by atoms with E-state index in [4.69, 9.17) is 0 Å². The van der Waals surface area contributed by atoms with Crippen molar-refractivity contribution in [1.29, 1.82) is 0 Å². The van der Waals surface area contributed by atoms with Gasteiger partial charge in [-0.25, -0.2) is 0 Å². The van der Waals surface area contributed by atoms with Gasteiger partial charge in [0.05, 0.1) is 7.11 Å². The zero-order valence-corrected chi connectivity index (χ0v) is 12.3. The molecule has 118 valence electrons. The van der Waals surface area contributed by atoms with E-state index in [-0.39, 0.29) is 17.9 Å². The minimum absolute atomic E-state index is 0.0613. The molecule has 1 rings (SSSR count). The topological polar surface area (TPSA) is 38.3 Å². The fraction of sp³-hybridized carbons (Fsp3) is 0.533. The van der Waals surface area contributed by atoms with E-state index in [9.17, 15) is 18.0 Å². The maximum Gasteiger partial charge on any atom is 0.407 e. The summed E-state index contributed by atoms with van der Waals surface area (Å²) in [4.78, 5) is 11.7. The molecule has 0 saturated heterocycles. The number of carbonyl (C=O) groups is 1. The average molecular weight is 303 g/mol. The van der Waals surface area contributed by atoms with Gasteiger partial charge in [0, 0.05) is 0 Å². The van der Waals surface area contributed by atoms with Gasteiger partial charge in [0.1, 0.15) is 12.1 Å². The van der Waals surface area contributed by atoms with E-state index < -0.39 is 24.2 Å². The lowest BCUT2D eigenvalue weighted by Crippen LogP contribution is -2.45. The average Bonchev–Trinajstić information content (AvgIpc) is 2.41. The van der Waals surface area contributed by atoms with E-state index in [0.29, 0.717) is 0 Å². The molecule has 0 aromatic heterocycles. The summed E-state index contributed by atoms with van der Waals surface area (Å²) in [5.74, 6) is -0.625. The fourth-order valence-corrected chi connectivity index (χ4v) is 2.07. The predicted molar refractivity (Wildman–Crippen MR) is 73.6 cm³/mol. The molecule has 2 atom stereocenters. The quantitative estimate of drug-likeness (QED) is 0.818. The summed E-state index contributed by atoms with van der Waals surface area (Å²) in [7, 11) is 1.17. The SMILES string of the molecule is COC(=O)[C@H](CC(C)C)NC(c1ccccc1)C(F)(F)F. The number of benzene rings is 1. The van der Waals surface area contributed by atoms with Crippen molar-refractivity contribution in [2.45, 2.75) is 38.5 Å². The number of hydrogen-bond acceptors (Lipinski definition) is 3. The highest BCUT2D eigenvalue weighted by molar-refractivity contribution is 5.75. The molecule has 3 nitrogen and oxygen atoms in total. The summed E-state index contributed by atoms with van der Waals surface area (Å²) < 4.78 is 44.4. The van der Waals surface area contributed by atoms with Gasteiger partial charge in [0.15, 0.2) is 0 Å². The van der Waals surface area contributed by atoms with Crippen molar-refractivity contribution >= 4 is 5.97 Å². The largest absolute Gasteiger partial charge is 0.468 e. The zero-order chi connectivity index (χ0) is 16.0. The van der Waals surface area contributed by atoms with E-state index in [1.807, 2.05) is 13.8 Å². The third-order valence-corrected chi connectivity index (χ3v) is 3.02. The lowest BCUT2D eigenvalue weighted by Gasteiger charge is -2.27. The molecule has 0 saturated carbocycles. The second-order valence-electron chi connectivity index (χ2n) is 5.26. The van der Waals surface area contributed by atoms with Gasteiger partial charge in [0.25, 0.3) is 0 Å². The number of halogens is 3. The smallest absolute Gasteiger partial charge is 0.407 e. The van der Waals surface area contributed by atoms with Gasteiger partial charge in [0.2, 0.25) is 0 Å². The summed E-state index contributed by atoms with van der Waals surface area (Å²) in [5, 5.41) is 2.39. The Kier molecular flexibility index (Phi) is 6.20. The number of carbonyl (C=O) groups excluding carboxylic acids is 1. The maximum atomic E-state index is 13.3. The molecule has 1 aromatic rings. The lowest BCUT2D eigenvalue weighted by molar-refractivity contribution is -0.164. The minimum atomic E-state index is -4.50. The second-order valence-corrected chi connectivity index (χ2v) is 5.26. The first-order valence-corrected chi connectivity index (χ1v) is 6.71. The first-order valence-electron chi connectivity index (χ1n) is 6.71. The predicted octanol–water partition coefficient (Wildman–Crippen LogP) is 3.47. The number of alkyl halides is 3. The van der Waals surface area contributed by atoms with E-state index in [2.05, 4.69) is 10.1 Å². The highest BCUT2D eigenvalue weighted by atomic mass is 19.4. The van der Waals surface area contributed by atoms with Crippen LogP contribution in [0.3, 0.4) is 0 Å². The van der Waals surface area contributed by atoms with Crippen molar-refractivity contribution in [3.8, 4) is 0 Å². The Morgan fingerprint density at radius 2 is 1.81 bits per heavy atom. The normalized spacial score (nSPS) is 14.8. The number of nitrogens with one attached hydrogen (secondary N) is 1. The van der Waals surface area contributed by atoms with Crippen molar-refractivity contribution in [2.24, 2.45) is 5.92 Å². The molecule has 1 unspecified atom stereocenters. The van der Waals surface area contributed by atoms with Gasteiger partial charge in [-0.15, -0.1) is 0 Å². The first-order chi connectivity index (χ1) is 9.75. The second kappa shape index (κ2) is 7.45. The summed E-state index contributed by atoms with van der Waals surface area (Å²) in [5.41, 5.74) is 0.0719. The molecular formula is C15H20F3NO2. The monoisotopic (exact) mass is 303 g/mol. The number of hydrogen-bond donors (Lipinski definition) is 1. The highest BCUT2D eigenvalue weighted by Gasteiger charge is 2.42. The van der Waals surface area contributed by atoms with Crippen LogP contribution in [-0.2, 0) is 9.53 Å². The summed E-state index contributed by atoms with van der Waals surface area (Å²) in [6.07, 6.45) is -4.23. The van der Waals surface area contributed by atoms with E-state index in [1.165, 1.54) is 31.4 Å². The number of esters is 1. The van der Waals surface area contributed by atoms with Crippen LogP contribution in [0.25, 0.3) is 0 Å². The van der Waals surface area contributed by atoms with Crippen molar-refractivity contribution in [2.75, 3.05) is 7.11 Å². The molecule has 0 aliphatic rings. The maximum absolute atomic E-state index is 13.3. The Hall–Kier alpha value is -1.56. The Bertz CT molecular complexity index is 446. The zero-order valence-electron chi connectivity index (χ0n) is 12.3. The first kappa shape index (κ1) is 17.5. The van der Waals surface area contributed by atoms with Crippen LogP contribution in [0.1, 0.15) is 31.9 Å². The van der Waals surface area contributed by atoms with Crippen LogP contribution in [0.2, 0.25) is 0 Å². The van der Waals surface area contributed by atoms with Gasteiger partial charge in [-0.1, -0.05) is 44.2 Å². The molecule has 0 heterocycles. The van der Waals surface area contributed by atoms with Gasteiger partial charge >= 0.3 is 12.1 Å². The lowest BCUT2D eigenvalue weighted by atomic mass is 10.0. The molecule has 1 N–H and O–H groups in total. The Morgan fingerprint density at radius 1 is 1.24 bits per heavy atom. The minimum Gasteiger partial charge on any atom is -0.468 e. The number of rotatable bonds is 6. The van der Waals surface area contributed by atoms with Gasteiger partial charge in [-0.3, -0.25) is 10.1 Å². The van der Waals surface area contributed by atoms with Crippen LogP contribution < -0.4 is 5.32 Å². The summed E-state index contributed by atoms with van der Waals surface area (Å²) in [6, 6.07) is 4.58. The van der Waals surface area contributed by atoms with Crippen LogP contribution in [0.5, 0.6) is 0 Å². The summed E-state index contributed by atoms with van der Waals surface area (Å²) in [6.45, 7) is 3.67. The number of methoxy groups -OCH3 is 1. The van der Waals surface area contributed by atoms with Crippen molar-refractivity contribution in [1.82, 2.24) is 5.32 Å².